The number of rotatable bonds is 5. The molecule has 0 spiro atoms. The van der Waals surface area contributed by atoms with Gasteiger partial charge in [0.05, 0.1) is 11.4 Å². The molecule has 8 nitrogen and oxygen atoms in total. The molecule has 1 aliphatic rings. The van der Waals surface area contributed by atoms with Crippen molar-refractivity contribution >= 4 is 5.91 Å². The Balaban J connectivity index is 1.55. The number of benzene rings is 1. The van der Waals surface area contributed by atoms with Crippen molar-refractivity contribution in [2.24, 2.45) is 7.05 Å². The Morgan fingerprint density at radius 1 is 1.25 bits per heavy atom. The van der Waals surface area contributed by atoms with Crippen LogP contribution in [-0.2, 0) is 13.6 Å². The smallest absolute Gasteiger partial charge is 0.272 e. The van der Waals surface area contributed by atoms with Gasteiger partial charge in [0.15, 0.2) is 11.5 Å². The number of H-pyrrole nitrogens is 1. The van der Waals surface area contributed by atoms with Crippen LogP contribution in [0, 0.1) is 13.8 Å². The first-order valence-electron chi connectivity index (χ1n) is 9.21. The van der Waals surface area contributed by atoms with Crippen molar-refractivity contribution in [2.75, 3.05) is 13.3 Å². The quantitative estimate of drug-likeness (QED) is 0.735. The van der Waals surface area contributed by atoms with Crippen LogP contribution in [-0.4, -0.2) is 44.1 Å². The van der Waals surface area contributed by atoms with Crippen LogP contribution in [0.3, 0.4) is 0 Å². The van der Waals surface area contributed by atoms with Crippen LogP contribution in [0.2, 0.25) is 0 Å². The molecule has 0 saturated heterocycles. The molecule has 1 N–H and O–H groups in total. The highest BCUT2D eigenvalue weighted by molar-refractivity contribution is 5.93. The van der Waals surface area contributed by atoms with Gasteiger partial charge in [-0.25, -0.2) is 0 Å². The maximum Gasteiger partial charge on any atom is 0.272 e. The number of fused-ring (bicyclic) bond motifs is 1. The lowest BCUT2D eigenvalue weighted by Crippen LogP contribution is -2.30. The van der Waals surface area contributed by atoms with Gasteiger partial charge < -0.3 is 14.4 Å². The van der Waals surface area contributed by atoms with E-state index in [-0.39, 0.29) is 12.7 Å². The van der Waals surface area contributed by atoms with E-state index < -0.39 is 0 Å². The van der Waals surface area contributed by atoms with Crippen molar-refractivity contribution in [1.82, 2.24) is 24.9 Å². The summed E-state index contributed by atoms with van der Waals surface area (Å²) in [7, 11) is 1.90. The predicted molar refractivity (Wildman–Crippen MR) is 103 cm³/mol. The Hall–Kier alpha value is -3.29. The third-order valence-corrected chi connectivity index (χ3v) is 5.05. The molecule has 3 heterocycles. The third kappa shape index (κ3) is 3.11. The molecule has 8 heteroatoms. The Morgan fingerprint density at radius 3 is 2.75 bits per heavy atom. The van der Waals surface area contributed by atoms with E-state index in [9.17, 15) is 4.79 Å². The highest BCUT2D eigenvalue weighted by atomic mass is 16.7. The number of aromatic amines is 1. The second-order valence-corrected chi connectivity index (χ2v) is 6.84. The summed E-state index contributed by atoms with van der Waals surface area (Å²) in [5, 5.41) is 11.7. The van der Waals surface area contributed by atoms with Crippen molar-refractivity contribution < 1.29 is 14.3 Å². The first kappa shape index (κ1) is 18.1. The molecule has 146 valence electrons. The molecule has 0 radical (unpaired) electrons. The monoisotopic (exact) mass is 381 g/mol. The lowest BCUT2D eigenvalue weighted by molar-refractivity contribution is 0.0746. The fourth-order valence-electron chi connectivity index (χ4n) is 3.46. The summed E-state index contributed by atoms with van der Waals surface area (Å²) in [6.45, 7) is 7.18. The number of nitrogens with zero attached hydrogens (tertiary/aromatic N) is 4. The van der Waals surface area contributed by atoms with Crippen LogP contribution in [0.25, 0.3) is 11.3 Å². The molecular weight excluding hydrogens is 358 g/mol. The van der Waals surface area contributed by atoms with Crippen LogP contribution in [0.1, 0.15) is 34.4 Å². The number of aryl methyl sites for hydroxylation is 2. The van der Waals surface area contributed by atoms with Crippen molar-refractivity contribution in [2.45, 2.75) is 27.3 Å². The molecule has 28 heavy (non-hydrogen) atoms. The van der Waals surface area contributed by atoms with Gasteiger partial charge in [-0.15, -0.1) is 0 Å². The number of hydrogen-bond donors (Lipinski definition) is 1. The van der Waals surface area contributed by atoms with Gasteiger partial charge in [-0.1, -0.05) is 6.07 Å². The molecule has 3 aromatic rings. The first-order chi connectivity index (χ1) is 13.5. The Kier molecular flexibility index (Phi) is 4.54. The molecule has 0 unspecified atom stereocenters. The van der Waals surface area contributed by atoms with Crippen LogP contribution in [0.5, 0.6) is 11.5 Å². The minimum Gasteiger partial charge on any atom is -0.454 e. The summed E-state index contributed by atoms with van der Waals surface area (Å²) >= 11 is 0. The van der Waals surface area contributed by atoms with Gasteiger partial charge in [-0.05, 0) is 44.5 Å². The van der Waals surface area contributed by atoms with E-state index in [4.69, 9.17) is 9.47 Å². The lowest BCUT2D eigenvalue weighted by Gasteiger charge is -2.20. The molecule has 0 fully saturated rings. The number of ether oxygens (including phenoxy) is 2. The third-order valence-electron chi connectivity index (χ3n) is 5.05. The van der Waals surface area contributed by atoms with Crippen LogP contribution >= 0.6 is 0 Å². The fraction of sp³-hybridized carbons (Fsp3) is 0.350. The second kappa shape index (κ2) is 7.03. The molecule has 1 aromatic carbocycles. The van der Waals surface area contributed by atoms with Crippen LogP contribution < -0.4 is 9.47 Å². The van der Waals surface area contributed by atoms with Gasteiger partial charge in [-0.2, -0.15) is 10.2 Å². The highest BCUT2D eigenvalue weighted by Gasteiger charge is 2.21. The summed E-state index contributed by atoms with van der Waals surface area (Å²) < 4.78 is 12.6. The normalized spacial score (nSPS) is 12.4. The standard InChI is InChI=1S/C20H23N5O3/c1-5-25(10-14-6-7-17-18(8-14)28-11-27-17)20(26)16-9-15(21-22-16)19-12(2)23-24(4)13(19)3/h6-9H,5,10-11H2,1-4H3,(H,21,22). The molecule has 2 aromatic heterocycles. The summed E-state index contributed by atoms with van der Waals surface area (Å²) in [5.74, 6) is 1.35. The molecule has 0 saturated carbocycles. The minimum atomic E-state index is -0.0990. The highest BCUT2D eigenvalue weighted by Crippen LogP contribution is 2.33. The summed E-state index contributed by atoms with van der Waals surface area (Å²) in [4.78, 5) is 14.8. The van der Waals surface area contributed by atoms with Gasteiger partial charge in [0, 0.05) is 31.4 Å². The van der Waals surface area contributed by atoms with Gasteiger partial charge in [-0.3, -0.25) is 14.6 Å². The maximum absolute atomic E-state index is 13.0. The number of carbonyl (C=O) groups excluding carboxylic acids is 1. The van der Waals surface area contributed by atoms with Crippen molar-refractivity contribution in [1.29, 1.82) is 0 Å². The van der Waals surface area contributed by atoms with Crippen molar-refractivity contribution in [3.05, 3.63) is 46.9 Å². The zero-order valence-electron chi connectivity index (χ0n) is 16.4. The zero-order chi connectivity index (χ0) is 19.8. The zero-order valence-corrected chi connectivity index (χ0v) is 16.4. The fourth-order valence-corrected chi connectivity index (χ4v) is 3.46. The van der Waals surface area contributed by atoms with Crippen molar-refractivity contribution in [3.63, 3.8) is 0 Å². The number of carbonyl (C=O) groups is 1. The van der Waals surface area contributed by atoms with Crippen molar-refractivity contribution in [3.8, 4) is 22.8 Å². The Bertz CT molecular complexity index is 1040. The number of amides is 1. The number of aromatic nitrogens is 4. The van der Waals surface area contributed by atoms with Gasteiger partial charge in [0.25, 0.3) is 5.91 Å². The van der Waals surface area contributed by atoms with Gasteiger partial charge >= 0.3 is 0 Å². The van der Waals surface area contributed by atoms with E-state index >= 15 is 0 Å². The molecule has 1 aliphatic heterocycles. The molecule has 4 rings (SSSR count). The summed E-state index contributed by atoms with van der Waals surface area (Å²) in [5.41, 5.74) is 5.02. The second-order valence-electron chi connectivity index (χ2n) is 6.84. The molecule has 0 aliphatic carbocycles. The van der Waals surface area contributed by atoms with Crippen LogP contribution in [0.4, 0.5) is 0 Å². The topological polar surface area (TPSA) is 85.3 Å². The maximum atomic E-state index is 13.0. The largest absolute Gasteiger partial charge is 0.454 e. The predicted octanol–water partition coefficient (Wildman–Crippen LogP) is 2.82. The van der Waals surface area contributed by atoms with E-state index in [1.807, 2.05) is 50.7 Å². The average Bonchev–Trinajstić information content (AvgIpc) is 3.39. The Morgan fingerprint density at radius 2 is 2.04 bits per heavy atom. The SMILES string of the molecule is CCN(Cc1ccc2c(c1)OCO2)C(=O)c1cc(-c2c(C)nn(C)c2C)n[nH]1. The molecular formula is C20H23N5O3. The Labute approximate surface area is 163 Å². The number of hydrogen-bond acceptors (Lipinski definition) is 5. The van der Waals surface area contributed by atoms with E-state index in [0.717, 1.165) is 34.0 Å². The van der Waals surface area contributed by atoms with Gasteiger partial charge in [0.1, 0.15) is 5.69 Å². The molecule has 1 amide bonds. The van der Waals surface area contributed by atoms with Gasteiger partial charge in [0.2, 0.25) is 6.79 Å². The van der Waals surface area contributed by atoms with Crippen LogP contribution in [0.15, 0.2) is 24.3 Å². The molecule has 0 bridgehead atoms. The summed E-state index contributed by atoms with van der Waals surface area (Å²) in [6.07, 6.45) is 0. The number of nitrogens with one attached hydrogen (secondary N) is 1. The van der Waals surface area contributed by atoms with E-state index in [1.54, 1.807) is 11.0 Å². The average molecular weight is 381 g/mol. The lowest BCUT2D eigenvalue weighted by atomic mass is 10.1. The molecule has 0 atom stereocenters. The van der Waals surface area contributed by atoms with E-state index in [2.05, 4.69) is 15.3 Å². The van der Waals surface area contributed by atoms with E-state index in [0.29, 0.717) is 24.5 Å². The first-order valence-corrected chi connectivity index (χ1v) is 9.21. The summed E-state index contributed by atoms with van der Waals surface area (Å²) in [6, 6.07) is 7.53. The minimum absolute atomic E-state index is 0.0990. The van der Waals surface area contributed by atoms with E-state index in [1.165, 1.54) is 0 Å².